The van der Waals surface area contributed by atoms with Gasteiger partial charge < -0.3 is 15.2 Å². The Hall–Kier alpha value is -1.49. The number of carboxylic acid groups (broad SMARTS) is 1. The molecule has 12 heteroatoms. The monoisotopic (exact) mass is 551 g/mol. The van der Waals surface area contributed by atoms with Crippen LogP contribution < -0.4 is 16.3 Å². The average Bonchev–Trinajstić information content (AvgIpc) is 2.79. The number of alkyl carbamates (subject to hydrolysis) is 1. The number of aliphatic carboxylic acids is 1. The maximum Gasteiger partial charge on any atom is 0.407 e. The molecule has 0 radical (unpaired) electrons. The van der Waals surface area contributed by atoms with Gasteiger partial charge in [-0.15, -0.1) is 0 Å². The summed E-state index contributed by atoms with van der Waals surface area (Å²) in [5, 5.41) is 11.8. The van der Waals surface area contributed by atoms with Crippen molar-refractivity contribution in [1.82, 2.24) is 16.3 Å². The number of hydrogen-bond acceptors (Lipinski definition) is 8. The fraction of sp³-hybridized carbons (Fsp3) is 0.619. The van der Waals surface area contributed by atoms with Gasteiger partial charge in [-0.25, -0.2) is 18.8 Å². The third-order valence-electron chi connectivity index (χ3n) is 4.38. The van der Waals surface area contributed by atoms with Crippen LogP contribution in [-0.2, 0) is 29.8 Å². The molecule has 0 saturated carbocycles. The predicted octanol–water partition coefficient (Wildman–Crippen LogP) is 4.66. The molecule has 0 aliphatic carbocycles. The van der Waals surface area contributed by atoms with Crippen LogP contribution in [-0.4, -0.2) is 42.9 Å². The van der Waals surface area contributed by atoms with Crippen LogP contribution in [0.2, 0.25) is 0 Å². The van der Waals surface area contributed by atoms with E-state index < -0.39 is 30.3 Å². The minimum Gasteiger partial charge on any atom is -0.480 e. The second-order valence-electron chi connectivity index (χ2n) is 7.32. The van der Waals surface area contributed by atoms with E-state index in [1.165, 1.54) is 0 Å². The molecule has 10 nitrogen and oxygen atoms in total. The molecule has 1 aromatic carbocycles. The number of unbranched alkanes of at least 4 members (excludes halogenated alkanes) is 1. The zero-order valence-corrected chi connectivity index (χ0v) is 21.8. The number of carbonyl (C=O) groups excluding carboxylic acids is 1. The van der Waals surface area contributed by atoms with Crippen molar-refractivity contribution in [2.75, 3.05) is 19.7 Å². The Bertz CT molecular complexity index is 753. The van der Waals surface area contributed by atoms with E-state index in [4.69, 9.17) is 14.0 Å². The number of ether oxygens (including phenoxy) is 1. The molecule has 0 heterocycles. The first-order valence-corrected chi connectivity index (χ1v) is 13.6. The highest BCUT2D eigenvalue weighted by atomic mass is 79.9. The number of halogens is 1. The fourth-order valence-corrected chi connectivity index (χ4v) is 4.62. The van der Waals surface area contributed by atoms with E-state index in [2.05, 4.69) is 32.2 Å². The summed E-state index contributed by atoms with van der Waals surface area (Å²) < 4.78 is 28.3. The lowest BCUT2D eigenvalue weighted by Gasteiger charge is -2.23. The van der Waals surface area contributed by atoms with Crippen molar-refractivity contribution in [1.29, 1.82) is 0 Å². The lowest BCUT2D eigenvalue weighted by molar-refractivity contribution is -0.139. The van der Waals surface area contributed by atoms with Crippen molar-refractivity contribution in [2.24, 2.45) is 0 Å². The largest absolute Gasteiger partial charge is 0.480 e. The first kappa shape index (κ1) is 29.5. The van der Waals surface area contributed by atoms with Crippen LogP contribution in [0.1, 0.15) is 62.1 Å². The predicted molar refractivity (Wildman–Crippen MR) is 129 cm³/mol. The normalized spacial score (nSPS) is 13.3. The number of hydrogen-bond donors (Lipinski definition) is 4. The van der Waals surface area contributed by atoms with Crippen molar-refractivity contribution in [3.63, 3.8) is 0 Å². The van der Waals surface area contributed by atoms with Crippen molar-refractivity contribution in [3.8, 4) is 0 Å². The maximum atomic E-state index is 13.3. The van der Waals surface area contributed by atoms with Gasteiger partial charge in [0.2, 0.25) is 0 Å². The molecule has 0 saturated heterocycles. The third-order valence-corrected chi connectivity index (χ3v) is 8.04. The summed E-state index contributed by atoms with van der Waals surface area (Å²) in [5.41, 5.74) is 6.62. The molecule has 1 aromatic rings. The quantitative estimate of drug-likeness (QED) is 0.0942. The highest BCUT2D eigenvalue weighted by molar-refractivity contribution is 9.10. The number of carbonyl (C=O) groups is 2. The summed E-state index contributed by atoms with van der Waals surface area (Å²) in [6.45, 7) is 7.11. The zero-order chi connectivity index (χ0) is 24.7. The standard InChI is InChI=1S/C21H35BrN3O7P/c1-4-7-14-30-21(28)25-18(20(26)27)15-16-8-10-17(11-9-16)19(22)33(29,31-23-12-5-2)32-24-13-6-3/h8-11,18-19,23-24H,4-7,12-15H2,1-3H3,(H,25,28)(H,26,27). The van der Waals surface area contributed by atoms with Gasteiger partial charge in [-0.3, -0.25) is 4.57 Å². The van der Waals surface area contributed by atoms with E-state index in [0.717, 1.165) is 19.3 Å². The number of hydroxylamine groups is 2. The Kier molecular flexibility index (Phi) is 14.5. The van der Waals surface area contributed by atoms with Crippen molar-refractivity contribution in [3.05, 3.63) is 35.4 Å². The minimum absolute atomic E-state index is 0.0617. The van der Waals surface area contributed by atoms with Crippen LogP contribution in [0, 0.1) is 0 Å². The van der Waals surface area contributed by atoms with E-state index in [-0.39, 0.29) is 13.0 Å². The molecule has 1 amide bonds. The van der Waals surface area contributed by atoms with Gasteiger partial charge in [-0.05, 0) is 30.4 Å². The van der Waals surface area contributed by atoms with Crippen LogP contribution in [0.5, 0.6) is 0 Å². The topological polar surface area (TPSA) is 135 Å². The van der Waals surface area contributed by atoms with Crippen molar-refractivity contribution >= 4 is 35.6 Å². The number of alkyl halides is 1. The number of nitrogens with one attached hydrogen (secondary N) is 3. The summed E-state index contributed by atoms with van der Waals surface area (Å²) in [6.07, 6.45) is 2.45. The molecule has 0 fully saturated rings. The van der Waals surface area contributed by atoms with Gasteiger partial charge in [-0.2, -0.15) is 11.0 Å². The lowest BCUT2D eigenvalue weighted by atomic mass is 10.0. The van der Waals surface area contributed by atoms with Gasteiger partial charge in [0.1, 0.15) is 10.6 Å². The van der Waals surface area contributed by atoms with Crippen LogP contribution >= 0.6 is 23.5 Å². The second kappa shape index (κ2) is 16.2. The van der Waals surface area contributed by atoms with Crippen LogP contribution in [0.4, 0.5) is 4.79 Å². The molecule has 0 spiro atoms. The van der Waals surface area contributed by atoms with Crippen LogP contribution in [0.3, 0.4) is 0 Å². The molecule has 2 atom stereocenters. The second-order valence-corrected chi connectivity index (χ2v) is 10.9. The van der Waals surface area contributed by atoms with Gasteiger partial charge in [0, 0.05) is 19.5 Å². The van der Waals surface area contributed by atoms with Gasteiger partial charge in [0.25, 0.3) is 0 Å². The fourth-order valence-electron chi connectivity index (χ4n) is 2.51. The molecule has 1 rings (SSSR count). The Morgan fingerprint density at radius 3 is 2.09 bits per heavy atom. The van der Waals surface area contributed by atoms with Crippen molar-refractivity contribution < 1.29 is 33.2 Å². The van der Waals surface area contributed by atoms with E-state index in [1.807, 2.05) is 20.8 Å². The van der Waals surface area contributed by atoms with E-state index in [9.17, 15) is 19.3 Å². The summed E-state index contributed by atoms with van der Waals surface area (Å²) >= 11 is 3.41. The molecule has 0 bridgehead atoms. The molecule has 33 heavy (non-hydrogen) atoms. The maximum absolute atomic E-state index is 13.3. The summed E-state index contributed by atoms with van der Waals surface area (Å²) in [5.74, 6) is -1.17. The highest BCUT2D eigenvalue weighted by Gasteiger charge is 2.37. The van der Waals surface area contributed by atoms with E-state index in [1.54, 1.807) is 24.3 Å². The van der Waals surface area contributed by atoms with Gasteiger partial charge >= 0.3 is 19.7 Å². The molecule has 0 aliphatic heterocycles. The molecule has 0 aromatic heterocycles. The zero-order valence-electron chi connectivity index (χ0n) is 19.3. The first-order valence-electron chi connectivity index (χ1n) is 11.1. The SMILES string of the molecule is CCCCOC(=O)NC(Cc1ccc(C(Br)P(=O)(ONCCC)ONCCC)cc1)C(=O)O. The van der Waals surface area contributed by atoms with Crippen LogP contribution in [0.25, 0.3) is 0 Å². The minimum atomic E-state index is -3.66. The van der Waals surface area contributed by atoms with Gasteiger partial charge in [0.15, 0.2) is 0 Å². The molecule has 188 valence electrons. The number of benzene rings is 1. The number of rotatable bonds is 17. The lowest BCUT2D eigenvalue weighted by Crippen LogP contribution is -2.42. The molecular formula is C21H35BrN3O7P. The highest BCUT2D eigenvalue weighted by Crippen LogP contribution is 2.62. The molecule has 4 N–H and O–H groups in total. The average molecular weight is 552 g/mol. The Labute approximate surface area is 203 Å². The first-order chi connectivity index (χ1) is 15.8. The Balaban J connectivity index is 2.85. The molecule has 0 aliphatic rings. The van der Waals surface area contributed by atoms with E-state index in [0.29, 0.717) is 30.6 Å². The summed E-state index contributed by atoms with van der Waals surface area (Å²) in [4.78, 5) is 23.4. The smallest absolute Gasteiger partial charge is 0.407 e. The third kappa shape index (κ3) is 11.0. The summed E-state index contributed by atoms with van der Waals surface area (Å²) in [7, 11) is -3.66. The molecule has 2 unspecified atom stereocenters. The van der Waals surface area contributed by atoms with Crippen LogP contribution in [0.15, 0.2) is 24.3 Å². The Morgan fingerprint density at radius 1 is 1.03 bits per heavy atom. The Morgan fingerprint density at radius 2 is 1.61 bits per heavy atom. The van der Waals surface area contributed by atoms with Gasteiger partial charge in [-0.1, -0.05) is 67.4 Å². The van der Waals surface area contributed by atoms with E-state index >= 15 is 0 Å². The summed E-state index contributed by atoms with van der Waals surface area (Å²) in [6, 6.07) is 5.66. The number of amides is 1. The number of carboxylic acids is 1. The molecular weight excluding hydrogens is 517 g/mol. The van der Waals surface area contributed by atoms with Gasteiger partial charge in [0.05, 0.1) is 6.61 Å². The van der Waals surface area contributed by atoms with Crippen molar-refractivity contribution in [2.45, 2.75) is 63.5 Å².